The molecule has 0 bridgehead atoms. The second kappa shape index (κ2) is 6.75. The van der Waals surface area contributed by atoms with Gasteiger partial charge in [-0.2, -0.15) is 0 Å². The van der Waals surface area contributed by atoms with Crippen molar-refractivity contribution in [1.29, 1.82) is 0 Å². The lowest BCUT2D eigenvalue weighted by Gasteiger charge is -2.19. The summed E-state index contributed by atoms with van der Waals surface area (Å²) in [4.78, 5) is 25.7. The molecule has 2 rings (SSSR count). The molecule has 0 amide bonds. The Morgan fingerprint density at radius 2 is 2.04 bits per heavy atom. The second-order valence-corrected chi connectivity index (χ2v) is 10.8. The summed E-state index contributed by atoms with van der Waals surface area (Å²) < 4.78 is 6.75. The van der Waals surface area contributed by atoms with Crippen LogP contribution in [-0.4, -0.2) is 63.9 Å². The van der Waals surface area contributed by atoms with Crippen LogP contribution in [0.2, 0.25) is 0 Å². The normalized spacial score (nSPS) is 28.2. The largest absolute Gasteiger partial charge is 0.388 e. The number of rotatable bonds is 5. The Labute approximate surface area is 133 Å². The van der Waals surface area contributed by atoms with Crippen LogP contribution in [0.3, 0.4) is 0 Å². The van der Waals surface area contributed by atoms with Gasteiger partial charge in [0.25, 0.3) is 5.56 Å². The van der Waals surface area contributed by atoms with Crippen LogP contribution in [0.15, 0.2) is 15.8 Å². The van der Waals surface area contributed by atoms with E-state index in [1.165, 1.54) is 6.20 Å². The van der Waals surface area contributed by atoms with Gasteiger partial charge in [0, 0.05) is 18.3 Å². The molecule has 0 spiro atoms. The fraction of sp³-hybridized carbons (Fsp3) is 0.643. The van der Waals surface area contributed by atoms with E-state index in [0.29, 0.717) is 6.42 Å². The third-order valence-corrected chi connectivity index (χ3v) is 5.36. The molecule has 5 N–H and O–H groups in total. The van der Waals surface area contributed by atoms with Crippen LogP contribution in [0.5, 0.6) is 0 Å². The fourth-order valence-electron chi connectivity index (χ4n) is 2.54. The van der Waals surface area contributed by atoms with Crippen molar-refractivity contribution in [2.45, 2.75) is 37.5 Å². The molecular formula is C14H24N3O5P. The van der Waals surface area contributed by atoms with Crippen LogP contribution in [-0.2, 0) is 11.3 Å². The lowest BCUT2D eigenvalue weighted by atomic mass is 10.1. The molecule has 1 saturated heterocycles. The number of H-pyrrole nitrogens is 1. The molecule has 1 aromatic rings. The van der Waals surface area contributed by atoms with Gasteiger partial charge in [-0.1, -0.05) is 0 Å². The first kappa shape index (κ1) is 18.2. The number of nitrogens with one attached hydrogen (secondary N) is 1. The highest BCUT2D eigenvalue weighted by molar-refractivity contribution is 7.72. The Morgan fingerprint density at radius 3 is 2.61 bits per heavy atom. The molecule has 130 valence electrons. The number of nitrogens with two attached hydrogens (primary N) is 1. The van der Waals surface area contributed by atoms with E-state index < -0.39 is 42.7 Å². The minimum atomic E-state index is -1.29. The van der Waals surface area contributed by atoms with Gasteiger partial charge in [-0.25, -0.2) is 4.79 Å². The van der Waals surface area contributed by atoms with E-state index >= 15 is 0 Å². The van der Waals surface area contributed by atoms with Crippen LogP contribution in [0.4, 0.5) is 0 Å². The predicted molar refractivity (Wildman–Crippen MR) is 90.5 cm³/mol. The van der Waals surface area contributed by atoms with E-state index in [1.807, 2.05) is 0 Å². The van der Waals surface area contributed by atoms with Crippen molar-refractivity contribution < 1.29 is 14.9 Å². The number of aromatic nitrogens is 2. The molecular weight excluding hydrogens is 321 g/mol. The van der Waals surface area contributed by atoms with E-state index in [-0.39, 0.29) is 12.1 Å². The molecule has 1 unspecified atom stereocenters. The first-order valence-corrected chi connectivity index (χ1v) is 10.4. The summed E-state index contributed by atoms with van der Waals surface area (Å²) >= 11 is 0. The zero-order valence-electron chi connectivity index (χ0n) is 13.3. The number of nitrogens with zero attached hydrogens (tertiary/aromatic N) is 1. The first-order chi connectivity index (χ1) is 10.6. The Kier molecular flexibility index (Phi) is 5.33. The van der Waals surface area contributed by atoms with Crippen molar-refractivity contribution in [3.63, 3.8) is 0 Å². The maximum absolute atomic E-state index is 12.0. The number of hydrogen-bond donors (Lipinski definition) is 4. The maximum atomic E-state index is 12.0. The van der Waals surface area contributed by atoms with E-state index in [1.54, 1.807) is 0 Å². The summed E-state index contributed by atoms with van der Waals surface area (Å²) in [5.74, 6) is 0. The Balaban J connectivity index is 2.26. The van der Waals surface area contributed by atoms with Crippen molar-refractivity contribution in [3.05, 3.63) is 32.6 Å². The first-order valence-electron chi connectivity index (χ1n) is 7.37. The molecule has 1 aliphatic heterocycles. The van der Waals surface area contributed by atoms with Crippen LogP contribution >= 0.6 is 6.89 Å². The third-order valence-electron chi connectivity index (χ3n) is 3.89. The molecule has 0 aliphatic carbocycles. The van der Waals surface area contributed by atoms with E-state index in [4.69, 9.17) is 10.5 Å². The smallest absolute Gasteiger partial charge is 0.330 e. The molecule has 0 radical (unpaired) electrons. The van der Waals surface area contributed by atoms with Gasteiger partial charge < -0.3 is 20.7 Å². The van der Waals surface area contributed by atoms with Gasteiger partial charge in [0.2, 0.25) is 0 Å². The van der Waals surface area contributed by atoms with Crippen molar-refractivity contribution in [2.75, 3.05) is 19.5 Å². The van der Waals surface area contributed by atoms with Crippen molar-refractivity contribution in [2.24, 2.45) is 5.73 Å². The summed E-state index contributed by atoms with van der Waals surface area (Å²) in [6, 6.07) is 0. The molecule has 1 aromatic heterocycles. The van der Waals surface area contributed by atoms with Gasteiger partial charge >= 0.3 is 5.69 Å². The molecule has 0 saturated carbocycles. The van der Waals surface area contributed by atoms with Crippen molar-refractivity contribution in [3.8, 4) is 0 Å². The summed E-state index contributed by atoms with van der Waals surface area (Å²) in [5.41, 5.74) is 4.38. The molecule has 4 atom stereocenters. The quantitative estimate of drug-likeness (QED) is 0.492. The summed E-state index contributed by atoms with van der Waals surface area (Å²) in [5, 5.41) is 20.4. The minimum Gasteiger partial charge on any atom is -0.388 e. The number of ether oxygens (including phenoxy) is 1. The molecule has 1 fully saturated rings. The average Bonchev–Trinajstić information content (AvgIpc) is 2.73. The number of aliphatic hydroxyl groups is 2. The van der Waals surface area contributed by atoms with Gasteiger partial charge in [-0.3, -0.25) is 14.3 Å². The summed E-state index contributed by atoms with van der Waals surface area (Å²) in [6.07, 6.45) is 2.69. The molecule has 8 nitrogen and oxygen atoms in total. The highest BCUT2D eigenvalue weighted by Crippen LogP contribution is 2.39. The van der Waals surface area contributed by atoms with Crippen LogP contribution in [0.1, 0.15) is 18.2 Å². The molecule has 23 heavy (non-hydrogen) atoms. The highest BCUT2D eigenvalue weighted by atomic mass is 31.2. The molecule has 9 heteroatoms. The van der Waals surface area contributed by atoms with Gasteiger partial charge in [-0.15, -0.1) is 13.2 Å². The van der Waals surface area contributed by atoms with E-state index in [9.17, 15) is 19.8 Å². The van der Waals surface area contributed by atoms with Gasteiger partial charge in [0.15, 0.2) is 6.23 Å². The summed E-state index contributed by atoms with van der Waals surface area (Å²) in [6.45, 7) is 2.80. The predicted octanol–water partition coefficient (Wildman–Crippen LogP) is -1.29. The van der Waals surface area contributed by atoms with Crippen molar-refractivity contribution in [1.82, 2.24) is 9.55 Å². The standard InChI is InChI=1S/C14H24N3O5P/c1-23(2,3)5-4-9-10(18)11(19)13(22-9)17-7-8(6-15)12(20)16-14(17)21/h7,9-11,13,18-19H,1,4-6,15H2,2-3H3,(H,16,20,21)/t9-,10-,11-,13?/m1/s1. The Morgan fingerprint density at radius 1 is 1.39 bits per heavy atom. The zero-order valence-corrected chi connectivity index (χ0v) is 14.2. The van der Waals surface area contributed by atoms with Gasteiger partial charge in [0.1, 0.15) is 12.2 Å². The van der Waals surface area contributed by atoms with Crippen molar-refractivity contribution >= 4 is 13.2 Å². The average molecular weight is 345 g/mol. The molecule has 1 aliphatic rings. The van der Waals surface area contributed by atoms with Gasteiger partial charge in [0.05, 0.1) is 6.10 Å². The van der Waals surface area contributed by atoms with E-state index in [2.05, 4.69) is 24.6 Å². The SMILES string of the molecule is C=P(C)(C)CC[C@H]1OC(n2cc(CN)c(=O)[nH]c2=O)[C@H](O)[C@@H]1O. The molecule has 2 heterocycles. The highest BCUT2D eigenvalue weighted by Gasteiger charge is 2.43. The monoisotopic (exact) mass is 345 g/mol. The number of aromatic amines is 1. The van der Waals surface area contributed by atoms with Crippen LogP contribution < -0.4 is 17.0 Å². The van der Waals surface area contributed by atoms with Crippen LogP contribution in [0, 0.1) is 0 Å². The minimum absolute atomic E-state index is 0.0510. The lowest BCUT2D eigenvalue weighted by Crippen LogP contribution is -2.39. The Bertz CT molecular complexity index is 722. The third kappa shape index (κ3) is 4.02. The van der Waals surface area contributed by atoms with Gasteiger partial charge in [-0.05, 0) is 25.9 Å². The number of aliphatic hydroxyl groups excluding tert-OH is 2. The van der Waals surface area contributed by atoms with Crippen LogP contribution in [0.25, 0.3) is 0 Å². The summed E-state index contributed by atoms with van der Waals surface area (Å²) in [7, 11) is 0. The maximum Gasteiger partial charge on any atom is 0.330 e. The number of hydrogen-bond acceptors (Lipinski definition) is 6. The lowest BCUT2D eigenvalue weighted by molar-refractivity contribution is -0.0403. The van der Waals surface area contributed by atoms with E-state index in [0.717, 1.165) is 10.7 Å². The fourth-order valence-corrected chi connectivity index (χ4v) is 3.49. The topological polar surface area (TPSA) is 131 Å². The zero-order chi connectivity index (χ0) is 17.4. The molecule has 0 aromatic carbocycles. The second-order valence-electron chi connectivity index (χ2n) is 6.52. The Hall–Kier alpha value is -1.18.